The molecule has 1 aliphatic heterocycles. The molecule has 19 heavy (non-hydrogen) atoms. The van der Waals surface area contributed by atoms with Crippen molar-refractivity contribution in [3.05, 3.63) is 16.4 Å². The van der Waals surface area contributed by atoms with Crippen molar-refractivity contribution in [1.82, 2.24) is 20.0 Å². The number of hydrogen-bond donors (Lipinski definition) is 1. The van der Waals surface area contributed by atoms with E-state index in [0.29, 0.717) is 5.15 Å². The van der Waals surface area contributed by atoms with Crippen LogP contribution in [0.1, 0.15) is 24.1 Å². The number of amides is 1. The molecule has 0 atom stereocenters. The van der Waals surface area contributed by atoms with Gasteiger partial charge in [-0.3, -0.25) is 14.4 Å². The van der Waals surface area contributed by atoms with E-state index in [1.165, 1.54) is 0 Å². The maximum atomic E-state index is 11.6. The summed E-state index contributed by atoms with van der Waals surface area (Å²) in [4.78, 5) is 13.9. The van der Waals surface area contributed by atoms with Crippen molar-refractivity contribution in [2.45, 2.75) is 26.3 Å². The molecule has 1 fully saturated rings. The lowest BCUT2D eigenvalue weighted by molar-refractivity contribution is -0.125. The molecule has 0 bridgehead atoms. The van der Waals surface area contributed by atoms with Crippen molar-refractivity contribution < 1.29 is 4.79 Å². The van der Waals surface area contributed by atoms with E-state index < -0.39 is 0 Å². The van der Waals surface area contributed by atoms with E-state index in [4.69, 9.17) is 11.6 Å². The second-order valence-corrected chi connectivity index (χ2v) is 5.50. The minimum atomic E-state index is 0.159. The normalized spacial score (nSPS) is 17.7. The van der Waals surface area contributed by atoms with Gasteiger partial charge in [-0.05, 0) is 32.9 Å². The first-order valence-corrected chi connectivity index (χ1v) is 7.02. The van der Waals surface area contributed by atoms with Gasteiger partial charge >= 0.3 is 0 Å². The largest absolute Gasteiger partial charge is 0.359 e. The fourth-order valence-electron chi connectivity index (χ4n) is 2.63. The van der Waals surface area contributed by atoms with Crippen LogP contribution in [0, 0.1) is 12.8 Å². The second kappa shape index (κ2) is 5.92. The molecule has 106 valence electrons. The molecule has 5 nitrogen and oxygen atoms in total. The van der Waals surface area contributed by atoms with Gasteiger partial charge in [0.05, 0.1) is 5.69 Å². The van der Waals surface area contributed by atoms with Crippen LogP contribution in [0.4, 0.5) is 0 Å². The van der Waals surface area contributed by atoms with Crippen molar-refractivity contribution in [1.29, 1.82) is 0 Å². The highest BCUT2D eigenvalue weighted by Gasteiger charge is 2.25. The average Bonchev–Trinajstić information content (AvgIpc) is 2.65. The number of aromatic nitrogens is 2. The van der Waals surface area contributed by atoms with Crippen molar-refractivity contribution in [3.8, 4) is 0 Å². The number of carbonyl (C=O) groups excluding carboxylic acids is 1. The Hall–Kier alpha value is -1.07. The van der Waals surface area contributed by atoms with Gasteiger partial charge in [-0.15, -0.1) is 0 Å². The molecule has 6 heteroatoms. The molecule has 0 aliphatic carbocycles. The van der Waals surface area contributed by atoms with Gasteiger partial charge in [0.2, 0.25) is 5.91 Å². The number of nitrogens with one attached hydrogen (secondary N) is 1. The van der Waals surface area contributed by atoms with E-state index in [1.54, 1.807) is 11.7 Å². The number of likely N-dealkylation sites (tertiary alicyclic amines) is 1. The minimum Gasteiger partial charge on any atom is -0.359 e. The number of rotatable bonds is 3. The van der Waals surface area contributed by atoms with E-state index in [9.17, 15) is 4.79 Å². The zero-order valence-electron chi connectivity index (χ0n) is 11.7. The number of hydrogen-bond acceptors (Lipinski definition) is 3. The summed E-state index contributed by atoms with van der Waals surface area (Å²) in [6.07, 6.45) is 1.83. The molecule has 1 aromatic rings. The fraction of sp³-hybridized carbons (Fsp3) is 0.692. The van der Waals surface area contributed by atoms with Gasteiger partial charge in [-0.25, -0.2) is 0 Å². The molecular weight excluding hydrogens is 264 g/mol. The zero-order chi connectivity index (χ0) is 14.0. The first kappa shape index (κ1) is 14.3. The number of carbonyl (C=O) groups is 1. The summed E-state index contributed by atoms with van der Waals surface area (Å²) in [7, 11) is 3.56. The number of nitrogens with zero attached hydrogens (tertiary/aromatic N) is 3. The smallest absolute Gasteiger partial charge is 0.222 e. The van der Waals surface area contributed by atoms with E-state index in [1.807, 2.05) is 14.0 Å². The Balaban J connectivity index is 1.94. The van der Waals surface area contributed by atoms with E-state index in [-0.39, 0.29) is 11.8 Å². The number of aryl methyl sites for hydroxylation is 2. The van der Waals surface area contributed by atoms with Crippen LogP contribution in [-0.2, 0) is 18.4 Å². The molecule has 2 rings (SSSR count). The van der Waals surface area contributed by atoms with Gasteiger partial charge < -0.3 is 5.32 Å². The van der Waals surface area contributed by atoms with Gasteiger partial charge in [0.25, 0.3) is 0 Å². The van der Waals surface area contributed by atoms with Gasteiger partial charge in [-0.1, -0.05) is 11.6 Å². The van der Waals surface area contributed by atoms with Crippen LogP contribution in [0.5, 0.6) is 0 Å². The average molecular weight is 285 g/mol. The quantitative estimate of drug-likeness (QED) is 0.911. The first-order chi connectivity index (χ1) is 9.02. The summed E-state index contributed by atoms with van der Waals surface area (Å²) in [5.41, 5.74) is 2.09. The number of halogens is 1. The summed E-state index contributed by atoms with van der Waals surface area (Å²) in [6.45, 7) is 4.67. The third-order valence-corrected chi connectivity index (χ3v) is 4.33. The summed E-state index contributed by atoms with van der Waals surface area (Å²) < 4.78 is 1.71. The predicted octanol–water partition coefficient (Wildman–Crippen LogP) is 1.34. The SMILES string of the molecule is CNC(=O)C1CCN(Cc2c(C)nn(C)c2Cl)CC1. The Bertz CT molecular complexity index is 463. The lowest BCUT2D eigenvalue weighted by Crippen LogP contribution is -2.39. The van der Waals surface area contributed by atoms with Gasteiger partial charge in [0.15, 0.2) is 0 Å². The summed E-state index contributed by atoms with van der Waals surface area (Å²) >= 11 is 6.24. The summed E-state index contributed by atoms with van der Waals surface area (Å²) in [6, 6.07) is 0. The molecular formula is C13H21ClN4O. The third-order valence-electron chi connectivity index (χ3n) is 3.86. The van der Waals surface area contributed by atoms with Gasteiger partial charge in [0, 0.05) is 32.1 Å². The van der Waals surface area contributed by atoms with Crippen LogP contribution in [0.3, 0.4) is 0 Å². The Labute approximate surface area is 118 Å². The maximum Gasteiger partial charge on any atom is 0.222 e. The Morgan fingerprint density at radius 2 is 2.11 bits per heavy atom. The van der Waals surface area contributed by atoms with Crippen molar-refractivity contribution in [3.63, 3.8) is 0 Å². The molecule has 0 radical (unpaired) electrons. The number of piperidine rings is 1. The van der Waals surface area contributed by atoms with Crippen LogP contribution in [0.2, 0.25) is 5.15 Å². The molecule has 0 spiro atoms. The highest BCUT2D eigenvalue weighted by Crippen LogP contribution is 2.24. The van der Waals surface area contributed by atoms with Crippen LogP contribution < -0.4 is 5.32 Å². The third kappa shape index (κ3) is 3.09. The molecule has 1 N–H and O–H groups in total. The van der Waals surface area contributed by atoms with E-state index in [0.717, 1.165) is 43.7 Å². The van der Waals surface area contributed by atoms with E-state index in [2.05, 4.69) is 15.3 Å². The Kier molecular flexibility index (Phi) is 4.47. The first-order valence-electron chi connectivity index (χ1n) is 6.64. The van der Waals surface area contributed by atoms with Crippen LogP contribution >= 0.6 is 11.6 Å². The molecule has 0 aromatic carbocycles. The predicted molar refractivity (Wildman–Crippen MR) is 75.0 cm³/mol. The molecule has 1 saturated heterocycles. The van der Waals surface area contributed by atoms with Crippen molar-refractivity contribution >= 4 is 17.5 Å². The van der Waals surface area contributed by atoms with Crippen LogP contribution in [0.15, 0.2) is 0 Å². The highest BCUT2D eigenvalue weighted by molar-refractivity contribution is 6.30. The summed E-state index contributed by atoms with van der Waals surface area (Å²) in [5.74, 6) is 0.321. The Morgan fingerprint density at radius 3 is 2.58 bits per heavy atom. The Morgan fingerprint density at radius 1 is 1.47 bits per heavy atom. The van der Waals surface area contributed by atoms with E-state index >= 15 is 0 Å². The van der Waals surface area contributed by atoms with Crippen LogP contribution in [-0.4, -0.2) is 40.7 Å². The molecule has 2 heterocycles. The molecule has 1 aromatic heterocycles. The second-order valence-electron chi connectivity index (χ2n) is 5.14. The molecule has 0 unspecified atom stereocenters. The lowest BCUT2D eigenvalue weighted by Gasteiger charge is -2.30. The van der Waals surface area contributed by atoms with Gasteiger partial charge in [0.1, 0.15) is 5.15 Å². The topological polar surface area (TPSA) is 50.2 Å². The molecule has 0 saturated carbocycles. The minimum absolute atomic E-state index is 0.159. The van der Waals surface area contributed by atoms with Crippen molar-refractivity contribution in [2.24, 2.45) is 13.0 Å². The molecule has 1 amide bonds. The summed E-state index contributed by atoms with van der Waals surface area (Å²) in [5, 5.41) is 7.77. The zero-order valence-corrected chi connectivity index (χ0v) is 12.5. The van der Waals surface area contributed by atoms with Gasteiger partial charge in [-0.2, -0.15) is 5.10 Å². The standard InChI is InChI=1S/C13H21ClN4O/c1-9-11(12(14)17(3)16-9)8-18-6-4-10(5-7-18)13(19)15-2/h10H,4-8H2,1-3H3,(H,15,19). The lowest BCUT2D eigenvalue weighted by atomic mass is 9.96. The van der Waals surface area contributed by atoms with Crippen LogP contribution in [0.25, 0.3) is 0 Å². The maximum absolute atomic E-state index is 11.6. The molecule has 1 aliphatic rings. The monoisotopic (exact) mass is 284 g/mol. The van der Waals surface area contributed by atoms with Crippen molar-refractivity contribution in [2.75, 3.05) is 20.1 Å². The fourth-order valence-corrected chi connectivity index (χ4v) is 2.87. The highest BCUT2D eigenvalue weighted by atomic mass is 35.5.